The maximum atomic E-state index is 7.89. The molecule has 1 fully saturated rings. The van der Waals surface area contributed by atoms with Gasteiger partial charge in [-0.2, -0.15) is 0 Å². The van der Waals surface area contributed by atoms with Gasteiger partial charge in [0.1, 0.15) is 11.7 Å². The molecular formula is C16H24N4. The van der Waals surface area contributed by atoms with Crippen LogP contribution in [0.1, 0.15) is 55.8 Å². The molecule has 20 heavy (non-hydrogen) atoms. The first-order chi connectivity index (χ1) is 9.66. The van der Waals surface area contributed by atoms with Gasteiger partial charge in [0.2, 0.25) is 0 Å². The highest BCUT2D eigenvalue weighted by atomic mass is 15.2. The Labute approximate surface area is 120 Å². The number of anilines is 1. The summed E-state index contributed by atoms with van der Waals surface area (Å²) in [5.41, 5.74) is 9.18. The largest absolute Gasteiger partial charge is 0.384 e. The minimum Gasteiger partial charge on any atom is -0.384 e. The lowest BCUT2D eigenvalue weighted by Crippen LogP contribution is -2.39. The summed E-state index contributed by atoms with van der Waals surface area (Å²) in [6.45, 7) is 3.29. The summed E-state index contributed by atoms with van der Waals surface area (Å²) in [6, 6.07) is 2.62. The summed E-state index contributed by atoms with van der Waals surface area (Å²) in [7, 11) is 0. The molecule has 2 heterocycles. The molecule has 3 N–H and O–H groups in total. The minimum atomic E-state index is 0.152. The van der Waals surface area contributed by atoms with Crippen LogP contribution in [0.5, 0.6) is 0 Å². The van der Waals surface area contributed by atoms with Crippen LogP contribution in [0, 0.1) is 5.41 Å². The molecule has 0 spiro atoms. The second kappa shape index (κ2) is 5.43. The summed E-state index contributed by atoms with van der Waals surface area (Å²) in [4.78, 5) is 7.27. The molecule has 0 bridgehead atoms. The van der Waals surface area contributed by atoms with Crippen molar-refractivity contribution in [2.45, 2.75) is 57.9 Å². The molecule has 1 aromatic heterocycles. The van der Waals surface area contributed by atoms with E-state index in [9.17, 15) is 0 Å². The number of nitrogens with two attached hydrogens (primary N) is 1. The molecule has 1 saturated heterocycles. The third-order valence-electron chi connectivity index (χ3n) is 4.65. The summed E-state index contributed by atoms with van der Waals surface area (Å²) in [5, 5.41) is 7.89. The van der Waals surface area contributed by atoms with Crippen LogP contribution in [0.3, 0.4) is 0 Å². The van der Waals surface area contributed by atoms with E-state index in [1.165, 1.54) is 43.4 Å². The monoisotopic (exact) mass is 272 g/mol. The molecule has 1 aliphatic heterocycles. The zero-order valence-electron chi connectivity index (χ0n) is 12.3. The normalized spacial score (nSPS) is 22.4. The summed E-state index contributed by atoms with van der Waals surface area (Å²) in [5.74, 6) is 1.10. The van der Waals surface area contributed by atoms with Gasteiger partial charge in [-0.15, -0.1) is 0 Å². The Hall–Kier alpha value is -1.58. The Morgan fingerprint density at radius 2 is 2.10 bits per heavy atom. The van der Waals surface area contributed by atoms with E-state index >= 15 is 0 Å². The number of aryl methyl sites for hydroxylation is 2. The first kappa shape index (κ1) is 13.4. The zero-order chi connectivity index (χ0) is 14.1. The van der Waals surface area contributed by atoms with Crippen LogP contribution in [0.15, 0.2) is 6.07 Å². The highest BCUT2D eigenvalue weighted by Crippen LogP contribution is 2.30. The summed E-state index contributed by atoms with van der Waals surface area (Å²) >= 11 is 0. The van der Waals surface area contributed by atoms with Crippen LogP contribution in [0.2, 0.25) is 0 Å². The molecule has 4 nitrogen and oxygen atoms in total. The number of hydrogen-bond acceptors (Lipinski definition) is 3. The SMILES string of the molecule is CC1CCCCN1c1nc2c(cc1C(=N)N)CCCC2. The standard InChI is InChI=1S/C16H24N4/c1-11-6-4-5-9-20(11)16-13(15(17)18)10-12-7-2-3-8-14(12)19-16/h10-11H,2-9H2,1H3,(H3,17,18). The van der Waals surface area contributed by atoms with Crippen LogP contribution in [-0.4, -0.2) is 23.4 Å². The van der Waals surface area contributed by atoms with Gasteiger partial charge in [0, 0.05) is 18.3 Å². The number of piperidine rings is 1. The average molecular weight is 272 g/mol. The lowest BCUT2D eigenvalue weighted by atomic mass is 9.94. The van der Waals surface area contributed by atoms with Crippen molar-refractivity contribution in [3.05, 3.63) is 22.9 Å². The Morgan fingerprint density at radius 1 is 1.30 bits per heavy atom. The van der Waals surface area contributed by atoms with Crippen LogP contribution in [0.4, 0.5) is 5.82 Å². The van der Waals surface area contributed by atoms with E-state index in [1.54, 1.807) is 0 Å². The fraction of sp³-hybridized carbons (Fsp3) is 0.625. The maximum Gasteiger partial charge on any atom is 0.140 e. The van der Waals surface area contributed by atoms with Crippen molar-refractivity contribution in [1.29, 1.82) is 5.41 Å². The van der Waals surface area contributed by atoms with Crippen LogP contribution < -0.4 is 10.6 Å². The van der Waals surface area contributed by atoms with Gasteiger partial charge in [0.15, 0.2) is 0 Å². The van der Waals surface area contributed by atoms with Crippen molar-refractivity contribution in [3.63, 3.8) is 0 Å². The average Bonchev–Trinajstić information content (AvgIpc) is 2.46. The smallest absolute Gasteiger partial charge is 0.140 e. The number of nitrogens with one attached hydrogen (secondary N) is 1. The molecule has 108 valence electrons. The van der Waals surface area contributed by atoms with Crippen LogP contribution in [0.25, 0.3) is 0 Å². The van der Waals surface area contributed by atoms with E-state index in [4.69, 9.17) is 16.1 Å². The second-order valence-electron chi connectivity index (χ2n) is 6.12. The van der Waals surface area contributed by atoms with Crippen molar-refractivity contribution < 1.29 is 0 Å². The Bertz CT molecular complexity index is 523. The van der Waals surface area contributed by atoms with Crippen LogP contribution >= 0.6 is 0 Å². The van der Waals surface area contributed by atoms with Crippen LogP contribution in [-0.2, 0) is 12.8 Å². The Kier molecular flexibility index (Phi) is 3.64. The van der Waals surface area contributed by atoms with Crippen molar-refractivity contribution in [2.24, 2.45) is 5.73 Å². The topological polar surface area (TPSA) is 66.0 Å². The zero-order valence-corrected chi connectivity index (χ0v) is 12.3. The predicted octanol–water partition coefficient (Wildman–Crippen LogP) is 2.62. The Morgan fingerprint density at radius 3 is 2.85 bits per heavy atom. The highest BCUT2D eigenvalue weighted by molar-refractivity contribution is 6.00. The minimum absolute atomic E-state index is 0.152. The number of pyridine rings is 1. The number of nitrogen functional groups attached to an aromatic ring is 1. The first-order valence-electron chi connectivity index (χ1n) is 7.80. The van der Waals surface area contributed by atoms with Gasteiger partial charge in [-0.1, -0.05) is 0 Å². The van der Waals surface area contributed by atoms with E-state index in [0.29, 0.717) is 6.04 Å². The van der Waals surface area contributed by atoms with Gasteiger partial charge in [-0.3, -0.25) is 5.41 Å². The molecule has 0 saturated carbocycles. The molecule has 0 radical (unpaired) electrons. The number of rotatable bonds is 2. The predicted molar refractivity (Wildman–Crippen MR) is 82.6 cm³/mol. The van der Waals surface area contributed by atoms with Gasteiger partial charge >= 0.3 is 0 Å². The van der Waals surface area contributed by atoms with Crippen molar-refractivity contribution in [2.75, 3.05) is 11.4 Å². The lowest BCUT2D eigenvalue weighted by Gasteiger charge is -2.36. The molecular weight excluding hydrogens is 248 g/mol. The number of nitrogens with zero attached hydrogens (tertiary/aromatic N) is 2. The number of fused-ring (bicyclic) bond motifs is 1. The molecule has 1 aliphatic carbocycles. The molecule has 3 rings (SSSR count). The van der Waals surface area contributed by atoms with E-state index in [2.05, 4.69) is 17.9 Å². The van der Waals surface area contributed by atoms with Crippen molar-refractivity contribution >= 4 is 11.7 Å². The van der Waals surface area contributed by atoms with E-state index in [1.807, 2.05) is 0 Å². The molecule has 1 unspecified atom stereocenters. The molecule has 4 heteroatoms. The molecule has 0 amide bonds. The molecule has 2 aliphatic rings. The molecule has 1 atom stereocenters. The molecule has 1 aromatic rings. The summed E-state index contributed by atoms with van der Waals surface area (Å²) < 4.78 is 0. The summed E-state index contributed by atoms with van der Waals surface area (Å²) in [6.07, 6.45) is 8.32. The van der Waals surface area contributed by atoms with Gasteiger partial charge in [-0.05, 0) is 63.5 Å². The van der Waals surface area contributed by atoms with E-state index in [0.717, 1.165) is 30.8 Å². The molecule has 0 aromatic carbocycles. The number of amidine groups is 1. The maximum absolute atomic E-state index is 7.89. The van der Waals surface area contributed by atoms with Crippen molar-refractivity contribution in [3.8, 4) is 0 Å². The van der Waals surface area contributed by atoms with E-state index in [-0.39, 0.29) is 5.84 Å². The van der Waals surface area contributed by atoms with Gasteiger partial charge in [0.25, 0.3) is 0 Å². The quantitative estimate of drug-likeness (QED) is 0.642. The fourth-order valence-electron chi connectivity index (χ4n) is 3.45. The van der Waals surface area contributed by atoms with Gasteiger partial charge in [-0.25, -0.2) is 4.98 Å². The first-order valence-corrected chi connectivity index (χ1v) is 7.80. The third kappa shape index (κ3) is 2.39. The highest BCUT2D eigenvalue weighted by Gasteiger charge is 2.25. The second-order valence-corrected chi connectivity index (χ2v) is 6.12. The number of hydrogen-bond donors (Lipinski definition) is 2. The third-order valence-corrected chi connectivity index (χ3v) is 4.65. The van der Waals surface area contributed by atoms with E-state index < -0.39 is 0 Å². The Balaban J connectivity index is 2.05. The van der Waals surface area contributed by atoms with Crippen molar-refractivity contribution in [1.82, 2.24) is 4.98 Å². The fourth-order valence-corrected chi connectivity index (χ4v) is 3.45. The van der Waals surface area contributed by atoms with Gasteiger partial charge < -0.3 is 10.6 Å². The lowest BCUT2D eigenvalue weighted by molar-refractivity contribution is 0.480. The number of aromatic nitrogens is 1. The van der Waals surface area contributed by atoms with Gasteiger partial charge in [0.05, 0.1) is 5.56 Å².